The van der Waals surface area contributed by atoms with Crippen LogP contribution in [0.15, 0.2) is 0 Å². The molecule has 1 N–H and O–H groups in total. The first-order valence-electron chi connectivity index (χ1n) is 6.43. The fourth-order valence-corrected chi connectivity index (χ4v) is 2.76. The van der Waals surface area contributed by atoms with Gasteiger partial charge in [-0.05, 0) is 39.2 Å². The Morgan fingerprint density at radius 3 is 2.67 bits per heavy atom. The van der Waals surface area contributed by atoms with Gasteiger partial charge in [0.15, 0.2) is 0 Å². The van der Waals surface area contributed by atoms with Crippen LogP contribution in [0.4, 0.5) is 0 Å². The Hall–Kier alpha value is -0.0800. The van der Waals surface area contributed by atoms with Crippen molar-refractivity contribution in [3.05, 3.63) is 0 Å². The maximum atomic E-state index is 5.91. The van der Waals surface area contributed by atoms with Gasteiger partial charge in [0.2, 0.25) is 0 Å². The van der Waals surface area contributed by atoms with E-state index in [9.17, 15) is 0 Å². The van der Waals surface area contributed by atoms with E-state index >= 15 is 0 Å². The Morgan fingerprint density at radius 1 is 1.47 bits per heavy atom. The standard InChI is InChI=1S/C13H27NO/c1-5-7-11(2)10-12(14-4)13(3)8-6-9-15-13/h11-12,14H,5-10H2,1-4H3. The second-order valence-corrected chi connectivity index (χ2v) is 5.24. The maximum absolute atomic E-state index is 5.91. The number of nitrogens with one attached hydrogen (secondary N) is 1. The molecule has 0 saturated carbocycles. The predicted octanol–water partition coefficient (Wildman–Crippen LogP) is 2.97. The Bertz CT molecular complexity index is 175. The molecule has 0 bridgehead atoms. The van der Waals surface area contributed by atoms with E-state index in [0.29, 0.717) is 6.04 Å². The van der Waals surface area contributed by atoms with E-state index in [-0.39, 0.29) is 5.60 Å². The molecular formula is C13H27NO. The number of hydrogen-bond acceptors (Lipinski definition) is 2. The highest BCUT2D eigenvalue weighted by molar-refractivity contribution is 4.92. The number of likely N-dealkylation sites (N-methyl/N-ethyl adjacent to an activating group) is 1. The quantitative estimate of drug-likeness (QED) is 0.732. The fraction of sp³-hybridized carbons (Fsp3) is 1.00. The molecule has 0 aromatic carbocycles. The molecule has 0 radical (unpaired) electrons. The van der Waals surface area contributed by atoms with E-state index in [0.717, 1.165) is 12.5 Å². The Morgan fingerprint density at radius 2 is 2.20 bits per heavy atom. The van der Waals surface area contributed by atoms with Gasteiger partial charge in [0.1, 0.15) is 0 Å². The largest absolute Gasteiger partial charge is 0.374 e. The van der Waals surface area contributed by atoms with Crippen molar-refractivity contribution in [2.45, 2.75) is 64.5 Å². The van der Waals surface area contributed by atoms with Crippen LogP contribution >= 0.6 is 0 Å². The molecule has 1 saturated heterocycles. The minimum atomic E-state index is 0.0801. The molecule has 1 heterocycles. The van der Waals surface area contributed by atoms with E-state index in [1.807, 2.05) is 0 Å². The normalized spacial score (nSPS) is 30.4. The van der Waals surface area contributed by atoms with Crippen molar-refractivity contribution in [3.63, 3.8) is 0 Å². The molecule has 0 aliphatic carbocycles. The van der Waals surface area contributed by atoms with E-state index < -0.39 is 0 Å². The molecule has 3 atom stereocenters. The van der Waals surface area contributed by atoms with Gasteiger partial charge in [-0.1, -0.05) is 26.7 Å². The highest BCUT2D eigenvalue weighted by atomic mass is 16.5. The minimum Gasteiger partial charge on any atom is -0.374 e. The zero-order valence-electron chi connectivity index (χ0n) is 10.8. The first-order chi connectivity index (χ1) is 7.12. The van der Waals surface area contributed by atoms with E-state index in [4.69, 9.17) is 4.74 Å². The minimum absolute atomic E-state index is 0.0801. The molecule has 0 amide bonds. The zero-order valence-corrected chi connectivity index (χ0v) is 10.8. The summed E-state index contributed by atoms with van der Waals surface area (Å²) in [4.78, 5) is 0. The van der Waals surface area contributed by atoms with Crippen molar-refractivity contribution >= 4 is 0 Å². The Labute approximate surface area is 94.8 Å². The van der Waals surface area contributed by atoms with Crippen LogP contribution in [-0.4, -0.2) is 25.3 Å². The molecule has 0 spiro atoms. The summed E-state index contributed by atoms with van der Waals surface area (Å²) in [6.45, 7) is 7.82. The third-order valence-electron chi connectivity index (χ3n) is 3.75. The second-order valence-electron chi connectivity index (χ2n) is 5.24. The van der Waals surface area contributed by atoms with Crippen LogP contribution in [0.3, 0.4) is 0 Å². The van der Waals surface area contributed by atoms with Crippen molar-refractivity contribution in [2.24, 2.45) is 5.92 Å². The summed E-state index contributed by atoms with van der Waals surface area (Å²) in [6, 6.07) is 0.515. The molecule has 0 aromatic heterocycles. The molecule has 1 fully saturated rings. The van der Waals surface area contributed by atoms with Gasteiger partial charge < -0.3 is 10.1 Å². The van der Waals surface area contributed by atoms with Crippen molar-refractivity contribution in [2.75, 3.05) is 13.7 Å². The van der Waals surface area contributed by atoms with Gasteiger partial charge in [0.25, 0.3) is 0 Å². The Balaban J connectivity index is 2.47. The smallest absolute Gasteiger partial charge is 0.0807 e. The molecule has 1 rings (SSSR count). The molecule has 15 heavy (non-hydrogen) atoms. The van der Waals surface area contributed by atoms with Crippen LogP contribution in [0.1, 0.15) is 52.9 Å². The van der Waals surface area contributed by atoms with Crippen LogP contribution in [0, 0.1) is 5.92 Å². The fourth-order valence-electron chi connectivity index (χ4n) is 2.76. The average Bonchev–Trinajstić information content (AvgIpc) is 2.63. The van der Waals surface area contributed by atoms with Crippen LogP contribution in [0.5, 0.6) is 0 Å². The van der Waals surface area contributed by atoms with Crippen molar-refractivity contribution in [1.29, 1.82) is 0 Å². The summed E-state index contributed by atoms with van der Waals surface area (Å²) < 4.78 is 5.91. The van der Waals surface area contributed by atoms with Gasteiger partial charge in [-0.15, -0.1) is 0 Å². The van der Waals surface area contributed by atoms with Crippen LogP contribution in [0.25, 0.3) is 0 Å². The van der Waals surface area contributed by atoms with Gasteiger partial charge in [-0.2, -0.15) is 0 Å². The summed E-state index contributed by atoms with van der Waals surface area (Å²) >= 11 is 0. The monoisotopic (exact) mass is 213 g/mol. The molecule has 1 aliphatic rings. The zero-order chi connectivity index (χ0) is 11.3. The maximum Gasteiger partial charge on any atom is 0.0807 e. The van der Waals surface area contributed by atoms with Gasteiger partial charge >= 0.3 is 0 Å². The van der Waals surface area contributed by atoms with Gasteiger partial charge in [-0.3, -0.25) is 0 Å². The summed E-state index contributed by atoms with van der Waals surface area (Å²) in [5.41, 5.74) is 0.0801. The molecular weight excluding hydrogens is 186 g/mol. The van der Waals surface area contributed by atoms with Crippen LogP contribution in [-0.2, 0) is 4.74 Å². The van der Waals surface area contributed by atoms with Crippen molar-refractivity contribution in [3.8, 4) is 0 Å². The van der Waals surface area contributed by atoms with Gasteiger partial charge in [0, 0.05) is 12.6 Å². The lowest BCUT2D eigenvalue weighted by molar-refractivity contribution is -0.0157. The van der Waals surface area contributed by atoms with E-state index in [1.165, 1.54) is 32.1 Å². The van der Waals surface area contributed by atoms with Crippen LogP contribution < -0.4 is 5.32 Å². The lowest BCUT2D eigenvalue weighted by Gasteiger charge is -2.34. The van der Waals surface area contributed by atoms with Gasteiger partial charge in [-0.25, -0.2) is 0 Å². The van der Waals surface area contributed by atoms with Crippen molar-refractivity contribution in [1.82, 2.24) is 5.32 Å². The summed E-state index contributed by atoms with van der Waals surface area (Å²) in [7, 11) is 2.07. The van der Waals surface area contributed by atoms with Crippen molar-refractivity contribution < 1.29 is 4.74 Å². The number of rotatable bonds is 6. The van der Waals surface area contributed by atoms with E-state index in [2.05, 4.69) is 33.1 Å². The summed E-state index contributed by atoms with van der Waals surface area (Å²) in [5, 5.41) is 3.45. The lowest BCUT2D eigenvalue weighted by Crippen LogP contribution is -2.47. The molecule has 2 nitrogen and oxygen atoms in total. The highest BCUT2D eigenvalue weighted by Gasteiger charge is 2.37. The number of hydrogen-bond donors (Lipinski definition) is 1. The third-order valence-corrected chi connectivity index (χ3v) is 3.75. The predicted molar refractivity (Wildman–Crippen MR) is 65.1 cm³/mol. The van der Waals surface area contributed by atoms with E-state index in [1.54, 1.807) is 0 Å². The molecule has 90 valence electrons. The first kappa shape index (κ1) is 13.0. The topological polar surface area (TPSA) is 21.3 Å². The Kier molecular flexibility index (Phi) is 5.07. The average molecular weight is 213 g/mol. The summed E-state index contributed by atoms with van der Waals surface area (Å²) in [5.74, 6) is 0.800. The number of ether oxygens (including phenoxy) is 1. The second kappa shape index (κ2) is 5.86. The highest BCUT2D eigenvalue weighted by Crippen LogP contribution is 2.32. The molecule has 0 aromatic rings. The first-order valence-corrected chi connectivity index (χ1v) is 6.43. The molecule has 1 aliphatic heterocycles. The summed E-state index contributed by atoms with van der Waals surface area (Å²) in [6.07, 6.45) is 6.28. The SMILES string of the molecule is CCCC(C)CC(NC)C1(C)CCCO1. The molecule has 2 heteroatoms. The lowest BCUT2D eigenvalue weighted by atomic mass is 9.85. The third kappa shape index (κ3) is 3.46. The van der Waals surface area contributed by atoms with Crippen LogP contribution in [0.2, 0.25) is 0 Å². The van der Waals surface area contributed by atoms with Gasteiger partial charge in [0.05, 0.1) is 5.60 Å². The molecule has 3 unspecified atom stereocenters.